The number of thioether (sulfide) groups is 1. The van der Waals surface area contributed by atoms with Crippen LogP contribution in [0.2, 0.25) is 0 Å². The minimum absolute atomic E-state index is 0.0838. The molecule has 1 aromatic heterocycles. The minimum atomic E-state index is -0.742. The Labute approximate surface area is 162 Å². The Hall–Kier alpha value is -2.72. The smallest absolute Gasteiger partial charge is 0.272 e. The molecule has 27 heavy (non-hydrogen) atoms. The number of terminal acetylenes is 1. The third-order valence-corrected chi connectivity index (χ3v) is 5.44. The van der Waals surface area contributed by atoms with Crippen LogP contribution in [0.3, 0.4) is 0 Å². The predicted molar refractivity (Wildman–Crippen MR) is 107 cm³/mol. The van der Waals surface area contributed by atoms with Crippen LogP contribution in [0, 0.1) is 17.8 Å². The van der Waals surface area contributed by atoms with Crippen molar-refractivity contribution in [3.8, 4) is 18.1 Å². The molecule has 1 unspecified atom stereocenters. The van der Waals surface area contributed by atoms with Gasteiger partial charge in [0.05, 0.1) is 12.6 Å². The quantitative estimate of drug-likeness (QED) is 0.347. The molecule has 0 bridgehead atoms. The lowest BCUT2D eigenvalue weighted by Gasteiger charge is -2.41. The fraction of sp³-hybridized carbons (Fsp3) is 0.350. The monoisotopic (exact) mass is 383 g/mol. The summed E-state index contributed by atoms with van der Waals surface area (Å²) in [5.74, 6) is 2.92. The van der Waals surface area contributed by atoms with E-state index in [1.807, 2.05) is 18.2 Å². The maximum absolute atomic E-state index is 12.7. The Balaban J connectivity index is 1.76. The van der Waals surface area contributed by atoms with E-state index in [4.69, 9.17) is 21.3 Å². The Kier molecular flexibility index (Phi) is 5.57. The van der Waals surface area contributed by atoms with Crippen molar-refractivity contribution in [1.82, 2.24) is 10.3 Å². The number of aromatic nitrogens is 1. The highest BCUT2D eigenvalue weighted by atomic mass is 32.2. The van der Waals surface area contributed by atoms with Gasteiger partial charge in [-0.2, -0.15) is 0 Å². The van der Waals surface area contributed by atoms with Crippen molar-refractivity contribution in [2.24, 2.45) is 0 Å². The van der Waals surface area contributed by atoms with Gasteiger partial charge in [0.2, 0.25) is 11.3 Å². The summed E-state index contributed by atoms with van der Waals surface area (Å²) in [6.45, 7) is 0. The Morgan fingerprint density at radius 3 is 2.81 bits per heavy atom. The molecule has 0 saturated heterocycles. The Morgan fingerprint density at radius 2 is 2.22 bits per heavy atom. The number of amides is 1. The molecule has 6 nitrogen and oxygen atoms in total. The molecule has 1 aromatic carbocycles. The normalized spacial score (nSPS) is 15.9. The summed E-state index contributed by atoms with van der Waals surface area (Å²) in [4.78, 5) is 17.0. The minimum Gasteiger partial charge on any atom is -0.483 e. The van der Waals surface area contributed by atoms with Crippen LogP contribution in [-0.2, 0) is 9.53 Å². The van der Waals surface area contributed by atoms with Gasteiger partial charge in [-0.25, -0.2) is 0 Å². The first-order valence-electron chi connectivity index (χ1n) is 8.52. The van der Waals surface area contributed by atoms with Crippen LogP contribution < -0.4 is 10.1 Å². The van der Waals surface area contributed by atoms with E-state index in [2.05, 4.69) is 16.2 Å². The van der Waals surface area contributed by atoms with Crippen LogP contribution in [-0.4, -0.2) is 41.1 Å². The summed E-state index contributed by atoms with van der Waals surface area (Å²) < 4.78 is 11.0. The van der Waals surface area contributed by atoms with Crippen LogP contribution >= 0.6 is 11.8 Å². The van der Waals surface area contributed by atoms with Crippen LogP contribution in [0.25, 0.3) is 10.9 Å². The second kappa shape index (κ2) is 7.89. The summed E-state index contributed by atoms with van der Waals surface area (Å²) in [6, 6.07) is 7.27. The maximum Gasteiger partial charge on any atom is 0.272 e. The van der Waals surface area contributed by atoms with Gasteiger partial charge in [-0.1, -0.05) is 5.92 Å². The third-order valence-electron chi connectivity index (χ3n) is 4.70. The van der Waals surface area contributed by atoms with E-state index in [9.17, 15) is 4.79 Å². The molecule has 1 aliphatic rings. The molecular formula is C20H21N3O3S. The van der Waals surface area contributed by atoms with E-state index in [0.717, 1.165) is 17.3 Å². The number of rotatable bonds is 6. The molecule has 1 fully saturated rings. The van der Waals surface area contributed by atoms with Crippen molar-refractivity contribution < 1.29 is 14.3 Å². The Morgan fingerprint density at radius 1 is 1.44 bits per heavy atom. The van der Waals surface area contributed by atoms with Crippen molar-refractivity contribution in [1.29, 1.82) is 5.41 Å². The van der Waals surface area contributed by atoms with Crippen LogP contribution in [0.15, 0.2) is 30.5 Å². The van der Waals surface area contributed by atoms with Gasteiger partial charge in [-0.3, -0.25) is 15.2 Å². The fourth-order valence-corrected chi connectivity index (χ4v) is 3.50. The van der Waals surface area contributed by atoms with Gasteiger partial charge < -0.3 is 14.8 Å². The van der Waals surface area contributed by atoms with E-state index >= 15 is 0 Å². The van der Waals surface area contributed by atoms with Gasteiger partial charge >= 0.3 is 0 Å². The van der Waals surface area contributed by atoms with E-state index < -0.39 is 11.0 Å². The number of pyridine rings is 1. The predicted octanol–water partition coefficient (Wildman–Crippen LogP) is 2.95. The number of nitrogens with one attached hydrogen (secondary N) is 2. The first-order valence-corrected chi connectivity index (χ1v) is 9.81. The molecule has 2 N–H and O–H groups in total. The molecule has 1 heterocycles. The highest BCUT2D eigenvalue weighted by molar-refractivity contribution is 7.99. The summed E-state index contributed by atoms with van der Waals surface area (Å²) in [5, 5.41) is 11.8. The number of carbonyl (C=O) groups excluding carboxylic acids is 1. The van der Waals surface area contributed by atoms with Crippen molar-refractivity contribution in [3.05, 3.63) is 36.0 Å². The molecule has 1 aliphatic carbocycles. The van der Waals surface area contributed by atoms with Crippen LogP contribution in [0.5, 0.6) is 5.75 Å². The van der Waals surface area contributed by atoms with Crippen molar-refractivity contribution >= 4 is 34.5 Å². The number of ether oxygens (including phenoxy) is 2. The molecule has 2 aromatic rings. The first kappa shape index (κ1) is 19.1. The fourth-order valence-electron chi connectivity index (χ4n) is 3.02. The van der Waals surface area contributed by atoms with Gasteiger partial charge in [-0.15, -0.1) is 18.2 Å². The van der Waals surface area contributed by atoms with Gasteiger partial charge in [0.15, 0.2) is 0 Å². The van der Waals surface area contributed by atoms with E-state index in [1.54, 1.807) is 18.5 Å². The second-order valence-electron chi connectivity index (χ2n) is 6.37. The zero-order valence-corrected chi connectivity index (χ0v) is 16.1. The molecule has 1 amide bonds. The lowest BCUT2D eigenvalue weighted by atomic mass is 9.76. The summed E-state index contributed by atoms with van der Waals surface area (Å²) >= 11 is 1.29. The standard InChI is InChI=1S/C20H21N3O3S/c1-4-13-10-14-11-15(6-7-16(14)22-12-13)26-18(27-3)17(24)23-20(8-5-9-20)19(21)25-2/h1,6-7,10-12,18,21H,5,8-9H2,2-3H3,(H,23,24). The number of carbonyl (C=O) groups is 1. The Bertz CT molecular complexity index is 918. The highest BCUT2D eigenvalue weighted by Crippen LogP contribution is 2.34. The van der Waals surface area contributed by atoms with Gasteiger partial charge in [-0.05, 0) is 49.8 Å². The number of hydrogen-bond acceptors (Lipinski definition) is 6. The van der Waals surface area contributed by atoms with Crippen molar-refractivity contribution in [2.75, 3.05) is 13.4 Å². The summed E-state index contributed by atoms with van der Waals surface area (Å²) in [5.41, 5.74) is 0.0312. The van der Waals surface area contributed by atoms with E-state index in [-0.39, 0.29) is 11.8 Å². The number of nitrogens with zero attached hydrogens (tertiary/aromatic N) is 1. The molecule has 1 atom stereocenters. The largest absolute Gasteiger partial charge is 0.483 e. The molecule has 140 valence electrons. The SMILES string of the molecule is C#Cc1cnc2ccc(OC(SC)C(=O)NC3(C(=N)OC)CCC3)cc2c1. The van der Waals surface area contributed by atoms with Crippen molar-refractivity contribution in [3.63, 3.8) is 0 Å². The molecule has 0 radical (unpaired) electrons. The molecule has 7 heteroatoms. The topological polar surface area (TPSA) is 84.3 Å². The van der Waals surface area contributed by atoms with Crippen LogP contribution in [0.1, 0.15) is 24.8 Å². The summed E-state index contributed by atoms with van der Waals surface area (Å²) in [7, 11) is 1.45. The molecule has 0 aliphatic heterocycles. The van der Waals surface area contributed by atoms with Gasteiger partial charge in [0, 0.05) is 17.1 Å². The maximum atomic E-state index is 12.7. The number of methoxy groups -OCH3 is 1. The highest BCUT2D eigenvalue weighted by Gasteiger charge is 2.45. The number of fused-ring (bicyclic) bond motifs is 1. The van der Waals surface area contributed by atoms with Crippen LogP contribution in [0.4, 0.5) is 0 Å². The van der Waals surface area contributed by atoms with E-state index in [0.29, 0.717) is 24.2 Å². The number of hydrogen-bond donors (Lipinski definition) is 2. The first-order chi connectivity index (χ1) is 13.0. The van der Waals surface area contributed by atoms with E-state index in [1.165, 1.54) is 18.9 Å². The molecule has 3 rings (SSSR count). The zero-order chi connectivity index (χ0) is 19.4. The van der Waals surface area contributed by atoms with Gasteiger partial charge in [0.1, 0.15) is 11.3 Å². The summed E-state index contributed by atoms with van der Waals surface area (Å²) in [6.07, 6.45) is 11.2. The lowest BCUT2D eigenvalue weighted by Crippen LogP contribution is -2.61. The second-order valence-corrected chi connectivity index (χ2v) is 7.27. The molecular weight excluding hydrogens is 362 g/mol. The third kappa shape index (κ3) is 3.86. The molecule has 0 spiro atoms. The van der Waals surface area contributed by atoms with Crippen molar-refractivity contribution in [2.45, 2.75) is 30.2 Å². The van der Waals surface area contributed by atoms with Gasteiger partial charge in [0.25, 0.3) is 5.91 Å². The average molecular weight is 383 g/mol. The molecule has 1 saturated carbocycles. The lowest BCUT2D eigenvalue weighted by molar-refractivity contribution is -0.126. The average Bonchev–Trinajstić information content (AvgIpc) is 2.67. The zero-order valence-electron chi connectivity index (χ0n) is 15.2. The number of benzene rings is 1.